The molecular formula is C19H23FN2O2. The number of aromatic nitrogens is 1. The summed E-state index contributed by atoms with van der Waals surface area (Å²) in [6, 6.07) is 6.44. The topological polar surface area (TPSA) is 34.5 Å². The van der Waals surface area contributed by atoms with E-state index in [0.717, 1.165) is 28.1 Å². The van der Waals surface area contributed by atoms with Gasteiger partial charge in [-0.2, -0.15) is 0 Å². The van der Waals surface area contributed by atoms with Crippen LogP contribution >= 0.6 is 0 Å². The molecule has 3 rings (SSSR count). The van der Waals surface area contributed by atoms with Crippen molar-refractivity contribution in [3.05, 3.63) is 58.2 Å². The summed E-state index contributed by atoms with van der Waals surface area (Å²) >= 11 is 0. The van der Waals surface area contributed by atoms with Gasteiger partial charge in [0.2, 0.25) is 0 Å². The number of benzene rings is 1. The summed E-state index contributed by atoms with van der Waals surface area (Å²) < 4.78 is 20.5. The average molecular weight is 330 g/mol. The molecule has 1 saturated heterocycles. The molecule has 128 valence electrons. The van der Waals surface area contributed by atoms with Gasteiger partial charge in [-0.15, -0.1) is 0 Å². The van der Waals surface area contributed by atoms with Crippen LogP contribution < -0.4 is 0 Å². The highest BCUT2D eigenvalue weighted by Crippen LogP contribution is 2.24. The zero-order valence-electron chi connectivity index (χ0n) is 14.4. The fourth-order valence-electron chi connectivity index (χ4n) is 3.18. The summed E-state index contributed by atoms with van der Waals surface area (Å²) in [7, 11) is 0. The minimum atomic E-state index is -0.250. The van der Waals surface area contributed by atoms with E-state index in [4.69, 9.17) is 4.74 Å². The van der Waals surface area contributed by atoms with E-state index in [9.17, 15) is 9.18 Å². The Balaban J connectivity index is 1.97. The largest absolute Gasteiger partial charge is 0.378 e. The second-order valence-electron chi connectivity index (χ2n) is 6.30. The van der Waals surface area contributed by atoms with Crippen molar-refractivity contribution in [1.29, 1.82) is 0 Å². The molecule has 1 aliphatic heterocycles. The first-order valence-electron chi connectivity index (χ1n) is 8.26. The van der Waals surface area contributed by atoms with Crippen molar-refractivity contribution in [3.63, 3.8) is 0 Å². The van der Waals surface area contributed by atoms with Crippen LogP contribution in [-0.4, -0.2) is 41.7 Å². The van der Waals surface area contributed by atoms with Crippen molar-refractivity contribution in [2.45, 2.75) is 27.3 Å². The van der Waals surface area contributed by atoms with Gasteiger partial charge >= 0.3 is 0 Å². The number of rotatable bonds is 3. The lowest BCUT2D eigenvalue weighted by atomic mass is 10.1. The fourth-order valence-corrected chi connectivity index (χ4v) is 3.18. The number of morpholine rings is 1. The Kier molecular flexibility index (Phi) is 4.71. The fraction of sp³-hybridized carbons (Fsp3) is 0.421. The van der Waals surface area contributed by atoms with Gasteiger partial charge in [0.25, 0.3) is 5.91 Å². The number of hydrogen-bond donors (Lipinski definition) is 0. The Morgan fingerprint density at radius 1 is 1.08 bits per heavy atom. The monoisotopic (exact) mass is 330 g/mol. The zero-order valence-corrected chi connectivity index (χ0v) is 14.4. The maximum Gasteiger partial charge on any atom is 0.270 e. The van der Waals surface area contributed by atoms with Gasteiger partial charge < -0.3 is 14.2 Å². The molecule has 4 nitrogen and oxygen atoms in total. The first kappa shape index (κ1) is 16.7. The Hall–Kier alpha value is -2.14. The Morgan fingerprint density at radius 3 is 2.33 bits per heavy atom. The van der Waals surface area contributed by atoms with E-state index in [2.05, 4.69) is 4.57 Å². The van der Waals surface area contributed by atoms with E-state index < -0.39 is 0 Å². The summed E-state index contributed by atoms with van der Waals surface area (Å²) in [6.45, 7) is 9.05. The first-order chi connectivity index (χ1) is 11.5. The highest BCUT2D eigenvalue weighted by atomic mass is 19.1. The SMILES string of the molecule is Cc1c(C)c(C(=O)N2CCOCC2)n(Cc2ccc(F)cc2)c1C. The van der Waals surface area contributed by atoms with Crippen LogP contribution in [0.5, 0.6) is 0 Å². The van der Waals surface area contributed by atoms with Crippen LogP contribution in [0.1, 0.15) is 32.9 Å². The van der Waals surface area contributed by atoms with Crippen molar-refractivity contribution in [1.82, 2.24) is 9.47 Å². The minimum Gasteiger partial charge on any atom is -0.378 e. The smallest absolute Gasteiger partial charge is 0.270 e. The van der Waals surface area contributed by atoms with Gasteiger partial charge in [0.05, 0.1) is 13.2 Å². The third-order valence-electron chi connectivity index (χ3n) is 4.89. The summed E-state index contributed by atoms with van der Waals surface area (Å²) in [5.74, 6) is -0.200. The molecule has 2 heterocycles. The molecule has 1 amide bonds. The molecule has 0 unspecified atom stereocenters. The molecule has 24 heavy (non-hydrogen) atoms. The Morgan fingerprint density at radius 2 is 1.71 bits per heavy atom. The maximum absolute atomic E-state index is 13.1. The van der Waals surface area contributed by atoms with Crippen LogP contribution in [0.4, 0.5) is 4.39 Å². The van der Waals surface area contributed by atoms with Crippen LogP contribution in [0.15, 0.2) is 24.3 Å². The summed E-state index contributed by atoms with van der Waals surface area (Å²) in [5.41, 5.74) is 4.94. The van der Waals surface area contributed by atoms with Crippen LogP contribution in [0, 0.1) is 26.6 Å². The standard InChI is InChI=1S/C19H23FN2O2/c1-13-14(2)18(19(23)21-8-10-24-11-9-21)22(15(13)3)12-16-4-6-17(20)7-5-16/h4-7H,8-12H2,1-3H3. The van der Waals surface area contributed by atoms with E-state index in [1.807, 2.05) is 25.7 Å². The summed E-state index contributed by atoms with van der Waals surface area (Å²) in [6.07, 6.45) is 0. The second-order valence-corrected chi connectivity index (χ2v) is 6.30. The number of amides is 1. The molecule has 1 aromatic carbocycles. The molecule has 1 aliphatic rings. The van der Waals surface area contributed by atoms with Gasteiger partial charge in [-0.1, -0.05) is 12.1 Å². The van der Waals surface area contributed by atoms with Gasteiger partial charge in [0.15, 0.2) is 0 Å². The highest BCUT2D eigenvalue weighted by molar-refractivity contribution is 5.95. The van der Waals surface area contributed by atoms with E-state index in [1.165, 1.54) is 12.1 Å². The molecule has 0 aliphatic carbocycles. The lowest BCUT2D eigenvalue weighted by Gasteiger charge is -2.27. The number of halogens is 1. The number of nitrogens with zero attached hydrogens (tertiary/aromatic N) is 2. The van der Waals surface area contributed by atoms with Gasteiger partial charge in [-0.25, -0.2) is 4.39 Å². The molecule has 5 heteroatoms. The second kappa shape index (κ2) is 6.77. The molecule has 0 bridgehead atoms. The molecule has 0 spiro atoms. The first-order valence-corrected chi connectivity index (χ1v) is 8.26. The zero-order chi connectivity index (χ0) is 17.3. The quantitative estimate of drug-likeness (QED) is 0.867. The van der Waals surface area contributed by atoms with Crippen molar-refractivity contribution < 1.29 is 13.9 Å². The number of carbonyl (C=O) groups excluding carboxylic acids is 1. The highest BCUT2D eigenvalue weighted by Gasteiger charge is 2.26. The van der Waals surface area contributed by atoms with Crippen molar-refractivity contribution in [2.75, 3.05) is 26.3 Å². The molecule has 0 radical (unpaired) electrons. The lowest BCUT2D eigenvalue weighted by Crippen LogP contribution is -2.41. The van der Waals surface area contributed by atoms with Gasteiger partial charge in [-0.3, -0.25) is 4.79 Å². The van der Waals surface area contributed by atoms with E-state index in [1.54, 1.807) is 12.1 Å². The molecular weight excluding hydrogens is 307 g/mol. The molecule has 0 atom stereocenters. The van der Waals surface area contributed by atoms with Crippen LogP contribution in [0.3, 0.4) is 0 Å². The average Bonchev–Trinajstić information content (AvgIpc) is 2.81. The molecule has 2 aromatic rings. The molecule has 1 fully saturated rings. The van der Waals surface area contributed by atoms with Gasteiger partial charge in [0.1, 0.15) is 11.5 Å². The predicted octanol–water partition coefficient (Wildman–Crippen LogP) is 3.07. The Bertz CT molecular complexity index is 744. The maximum atomic E-state index is 13.1. The predicted molar refractivity (Wildman–Crippen MR) is 90.9 cm³/mol. The van der Waals surface area contributed by atoms with Gasteiger partial charge in [-0.05, 0) is 49.6 Å². The number of ether oxygens (including phenoxy) is 1. The van der Waals surface area contributed by atoms with E-state index in [0.29, 0.717) is 32.8 Å². The number of carbonyl (C=O) groups is 1. The molecule has 0 N–H and O–H groups in total. The molecule has 0 saturated carbocycles. The Labute approximate surface area is 141 Å². The van der Waals surface area contributed by atoms with Crippen LogP contribution in [0.2, 0.25) is 0 Å². The van der Waals surface area contributed by atoms with E-state index >= 15 is 0 Å². The minimum absolute atomic E-state index is 0.0501. The van der Waals surface area contributed by atoms with E-state index in [-0.39, 0.29) is 11.7 Å². The van der Waals surface area contributed by atoms with Crippen molar-refractivity contribution in [3.8, 4) is 0 Å². The van der Waals surface area contributed by atoms with Crippen LogP contribution in [0.25, 0.3) is 0 Å². The normalized spacial score (nSPS) is 14.9. The third kappa shape index (κ3) is 3.08. The summed E-state index contributed by atoms with van der Waals surface area (Å²) in [5, 5.41) is 0. The number of hydrogen-bond acceptors (Lipinski definition) is 2. The van der Waals surface area contributed by atoms with Crippen LogP contribution in [-0.2, 0) is 11.3 Å². The third-order valence-corrected chi connectivity index (χ3v) is 4.89. The van der Waals surface area contributed by atoms with Crippen molar-refractivity contribution in [2.24, 2.45) is 0 Å². The summed E-state index contributed by atoms with van der Waals surface area (Å²) in [4.78, 5) is 14.9. The van der Waals surface area contributed by atoms with Gasteiger partial charge in [0, 0.05) is 25.3 Å². The van der Waals surface area contributed by atoms with Crippen molar-refractivity contribution >= 4 is 5.91 Å². The molecule has 1 aromatic heterocycles. The lowest BCUT2D eigenvalue weighted by molar-refractivity contribution is 0.0295.